The third-order valence-electron chi connectivity index (χ3n) is 4.04. The first kappa shape index (κ1) is 19.4. The molecule has 10 heteroatoms. The maximum Gasteiger partial charge on any atom is 0.371 e. The summed E-state index contributed by atoms with van der Waals surface area (Å²) >= 11 is 0. The minimum absolute atomic E-state index is 0.0840. The van der Waals surface area contributed by atoms with Crippen LogP contribution in [0.3, 0.4) is 0 Å². The Morgan fingerprint density at radius 3 is 2.60 bits per heavy atom. The molecular formula is C15H22N2O7S. The summed E-state index contributed by atoms with van der Waals surface area (Å²) in [5.41, 5.74) is 0. The maximum atomic E-state index is 12.5. The summed E-state index contributed by atoms with van der Waals surface area (Å²) in [6.07, 6.45) is 1.53. The molecule has 2 heterocycles. The summed E-state index contributed by atoms with van der Waals surface area (Å²) in [6, 6.07) is 2.24. The van der Waals surface area contributed by atoms with E-state index >= 15 is 0 Å². The van der Waals surface area contributed by atoms with Gasteiger partial charge in [-0.25, -0.2) is 13.2 Å². The number of hydrogen-bond acceptors (Lipinski definition) is 6. The predicted octanol–water partition coefficient (Wildman–Crippen LogP) is 0.531. The number of rotatable bonds is 8. The lowest BCUT2D eigenvalue weighted by molar-refractivity contribution is -0.126. The van der Waals surface area contributed by atoms with Gasteiger partial charge in [0.2, 0.25) is 16.8 Å². The van der Waals surface area contributed by atoms with Crippen LogP contribution in [0.25, 0.3) is 0 Å². The largest absolute Gasteiger partial charge is 0.475 e. The van der Waals surface area contributed by atoms with Gasteiger partial charge in [0.05, 0.1) is 0 Å². The maximum absolute atomic E-state index is 12.5. The molecule has 1 aromatic heterocycles. The highest BCUT2D eigenvalue weighted by Gasteiger charge is 2.34. The van der Waals surface area contributed by atoms with Gasteiger partial charge < -0.3 is 19.6 Å². The van der Waals surface area contributed by atoms with Crippen LogP contribution in [0, 0.1) is 5.92 Å². The summed E-state index contributed by atoms with van der Waals surface area (Å²) in [7, 11) is -2.30. The molecule has 25 heavy (non-hydrogen) atoms. The molecule has 140 valence electrons. The number of sulfonamides is 1. The minimum atomic E-state index is -3.89. The van der Waals surface area contributed by atoms with Crippen molar-refractivity contribution in [3.63, 3.8) is 0 Å². The first-order chi connectivity index (χ1) is 11.9. The van der Waals surface area contributed by atoms with E-state index in [0.29, 0.717) is 26.0 Å². The Labute approximate surface area is 146 Å². The third kappa shape index (κ3) is 4.80. The van der Waals surface area contributed by atoms with Gasteiger partial charge in [-0.05, 0) is 31.4 Å². The number of hydrogen-bond donors (Lipinski definition) is 2. The normalized spacial score (nSPS) is 16.7. The molecule has 0 aliphatic carbocycles. The summed E-state index contributed by atoms with van der Waals surface area (Å²) in [4.78, 5) is 22.9. The monoisotopic (exact) mass is 374 g/mol. The third-order valence-corrected chi connectivity index (χ3v) is 5.81. The van der Waals surface area contributed by atoms with Gasteiger partial charge in [-0.2, -0.15) is 4.31 Å². The number of amides is 1. The minimum Gasteiger partial charge on any atom is -0.475 e. The summed E-state index contributed by atoms with van der Waals surface area (Å²) < 4.78 is 36.0. The molecule has 0 radical (unpaired) electrons. The first-order valence-electron chi connectivity index (χ1n) is 7.96. The standard InChI is InChI=1S/C15H22N2O7S/c1-23-10-2-7-16-14(18)11-5-8-17(9-6-11)25(21,22)13-4-3-12(24-13)15(19)20/h3-4,11H,2,5-10H2,1H3,(H,16,18)(H,19,20). The van der Waals surface area contributed by atoms with Gasteiger partial charge in [-0.3, -0.25) is 4.79 Å². The van der Waals surface area contributed by atoms with E-state index in [4.69, 9.17) is 14.3 Å². The second kappa shape index (κ2) is 8.45. The Morgan fingerprint density at radius 1 is 1.36 bits per heavy atom. The molecule has 0 spiro atoms. The Bertz CT molecular complexity index is 705. The fourth-order valence-corrected chi connectivity index (χ4v) is 4.01. The first-order valence-corrected chi connectivity index (χ1v) is 9.40. The van der Waals surface area contributed by atoms with E-state index in [1.54, 1.807) is 7.11 Å². The van der Waals surface area contributed by atoms with Crippen LogP contribution in [0.4, 0.5) is 0 Å². The highest BCUT2D eigenvalue weighted by Crippen LogP contribution is 2.25. The van der Waals surface area contributed by atoms with E-state index in [1.807, 2.05) is 0 Å². The number of carbonyl (C=O) groups excluding carboxylic acids is 1. The number of ether oxygens (including phenoxy) is 1. The van der Waals surface area contributed by atoms with Crippen LogP contribution in [0.1, 0.15) is 29.8 Å². The molecule has 1 aromatic rings. The van der Waals surface area contributed by atoms with Gasteiger partial charge in [-0.1, -0.05) is 0 Å². The van der Waals surface area contributed by atoms with Crippen molar-refractivity contribution < 1.29 is 32.3 Å². The fraction of sp³-hybridized carbons (Fsp3) is 0.600. The number of methoxy groups -OCH3 is 1. The fourth-order valence-electron chi connectivity index (χ4n) is 2.63. The van der Waals surface area contributed by atoms with Crippen LogP contribution < -0.4 is 5.32 Å². The van der Waals surface area contributed by atoms with Gasteiger partial charge in [0.15, 0.2) is 0 Å². The molecule has 2 N–H and O–H groups in total. The second-order valence-corrected chi connectivity index (χ2v) is 7.61. The molecule has 9 nitrogen and oxygen atoms in total. The number of piperidine rings is 1. The Hall–Kier alpha value is -1.91. The summed E-state index contributed by atoms with van der Waals surface area (Å²) in [5.74, 6) is -2.08. The van der Waals surface area contributed by atoms with Gasteiger partial charge >= 0.3 is 5.97 Å². The predicted molar refractivity (Wildman–Crippen MR) is 86.7 cm³/mol. The number of nitrogens with one attached hydrogen (secondary N) is 1. The van der Waals surface area contributed by atoms with Gasteiger partial charge in [0.25, 0.3) is 10.0 Å². The molecule has 1 saturated heterocycles. The lowest BCUT2D eigenvalue weighted by atomic mass is 9.97. The zero-order valence-corrected chi connectivity index (χ0v) is 14.8. The number of nitrogens with zero attached hydrogens (tertiary/aromatic N) is 1. The van der Waals surface area contributed by atoms with Crippen LogP contribution >= 0.6 is 0 Å². The average molecular weight is 374 g/mol. The molecular weight excluding hydrogens is 352 g/mol. The molecule has 1 aliphatic heterocycles. The van der Waals surface area contributed by atoms with Crippen molar-refractivity contribution in [2.24, 2.45) is 5.92 Å². The molecule has 0 atom stereocenters. The molecule has 0 unspecified atom stereocenters. The number of aromatic carboxylic acids is 1. The molecule has 0 saturated carbocycles. The van der Waals surface area contributed by atoms with Crippen LogP contribution in [0.5, 0.6) is 0 Å². The van der Waals surface area contributed by atoms with Gasteiger partial charge in [0, 0.05) is 39.3 Å². The SMILES string of the molecule is COCCCNC(=O)C1CCN(S(=O)(=O)c2ccc(C(=O)O)o2)CC1. The molecule has 1 amide bonds. The topological polar surface area (TPSA) is 126 Å². The molecule has 1 fully saturated rings. The summed E-state index contributed by atoms with van der Waals surface area (Å²) in [5, 5.41) is 11.2. The second-order valence-electron chi connectivity index (χ2n) is 5.74. The quantitative estimate of drug-likeness (QED) is 0.636. The van der Waals surface area contributed by atoms with Crippen molar-refractivity contribution in [3.05, 3.63) is 17.9 Å². The Morgan fingerprint density at radius 2 is 2.04 bits per heavy atom. The van der Waals surface area contributed by atoms with E-state index < -0.39 is 26.8 Å². The van der Waals surface area contributed by atoms with Crippen molar-refractivity contribution in [2.45, 2.75) is 24.4 Å². The lowest BCUT2D eigenvalue weighted by Crippen LogP contribution is -2.43. The number of furan rings is 1. The van der Waals surface area contributed by atoms with Crippen molar-refractivity contribution in [2.75, 3.05) is 33.4 Å². The van der Waals surface area contributed by atoms with E-state index in [9.17, 15) is 18.0 Å². The van der Waals surface area contributed by atoms with Crippen LogP contribution in [0.15, 0.2) is 21.6 Å². The zero-order chi connectivity index (χ0) is 18.4. The number of carbonyl (C=O) groups is 2. The van der Waals surface area contributed by atoms with Crippen molar-refractivity contribution >= 4 is 21.9 Å². The average Bonchev–Trinajstić information content (AvgIpc) is 3.10. The van der Waals surface area contributed by atoms with Crippen LogP contribution in [0.2, 0.25) is 0 Å². The van der Waals surface area contributed by atoms with Crippen LogP contribution in [-0.4, -0.2) is 63.1 Å². The van der Waals surface area contributed by atoms with E-state index in [1.165, 1.54) is 4.31 Å². The molecule has 0 aromatic carbocycles. The highest BCUT2D eigenvalue weighted by molar-refractivity contribution is 7.89. The molecule has 2 rings (SSSR count). The number of carboxylic acid groups (broad SMARTS) is 1. The van der Waals surface area contributed by atoms with Gasteiger partial charge in [0.1, 0.15) is 0 Å². The highest BCUT2D eigenvalue weighted by atomic mass is 32.2. The Kier molecular flexibility index (Phi) is 6.57. The van der Waals surface area contributed by atoms with Crippen LogP contribution in [-0.2, 0) is 19.6 Å². The van der Waals surface area contributed by atoms with Crippen molar-refractivity contribution in [3.8, 4) is 0 Å². The smallest absolute Gasteiger partial charge is 0.371 e. The summed E-state index contributed by atoms with van der Waals surface area (Å²) in [6.45, 7) is 1.46. The number of carboxylic acids is 1. The molecule has 1 aliphatic rings. The Balaban J connectivity index is 1.90. The van der Waals surface area contributed by atoms with Gasteiger partial charge in [-0.15, -0.1) is 0 Å². The van der Waals surface area contributed by atoms with Crippen molar-refractivity contribution in [1.82, 2.24) is 9.62 Å². The molecule has 0 bridgehead atoms. The van der Waals surface area contributed by atoms with E-state index in [-0.39, 0.29) is 24.9 Å². The van der Waals surface area contributed by atoms with Crippen molar-refractivity contribution in [1.29, 1.82) is 0 Å². The van der Waals surface area contributed by atoms with E-state index in [2.05, 4.69) is 5.32 Å². The zero-order valence-electron chi connectivity index (χ0n) is 13.9. The lowest BCUT2D eigenvalue weighted by Gasteiger charge is -2.29. The van der Waals surface area contributed by atoms with E-state index in [0.717, 1.165) is 18.6 Å².